The van der Waals surface area contributed by atoms with Gasteiger partial charge in [-0.05, 0) is 31.6 Å². The van der Waals surface area contributed by atoms with Crippen molar-refractivity contribution in [1.29, 1.82) is 0 Å². The molecule has 7 nitrogen and oxygen atoms in total. The van der Waals surface area contributed by atoms with Crippen molar-refractivity contribution in [3.8, 4) is 0 Å². The molecule has 0 radical (unpaired) electrons. The van der Waals surface area contributed by atoms with Gasteiger partial charge in [0.05, 0.1) is 11.8 Å². The fourth-order valence-corrected chi connectivity index (χ4v) is 4.38. The van der Waals surface area contributed by atoms with Crippen LogP contribution in [0, 0.1) is 18.8 Å². The lowest BCUT2D eigenvalue weighted by atomic mass is 9.91. The maximum atomic E-state index is 12.8. The molecule has 7 heteroatoms. The van der Waals surface area contributed by atoms with Gasteiger partial charge in [0.25, 0.3) is 5.56 Å². The minimum Gasteiger partial charge on any atom is -0.463 e. The van der Waals surface area contributed by atoms with Crippen molar-refractivity contribution in [3.63, 3.8) is 0 Å². The summed E-state index contributed by atoms with van der Waals surface area (Å²) in [4.78, 5) is 27.3. The summed E-state index contributed by atoms with van der Waals surface area (Å²) in [6.07, 6.45) is 3.84. The maximum Gasteiger partial charge on any atom is 0.291 e. The van der Waals surface area contributed by atoms with Crippen LogP contribution in [0.1, 0.15) is 38.9 Å². The van der Waals surface area contributed by atoms with E-state index < -0.39 is 0 Å². The Labute approximate surface area is 157 Å². The molecule has 4 rings (SSSR count). The van der Waals surface area contributed by atoms with Crippen LogP contribution >= 0.6 is 0 Å². The number of carbonyl (C=O) groups excluding carboxylic acids is 1. The van der Waals surface area contributed by atoms with E-state index in [4.69, 9.17) is 4.42 Å². The average molecular weight is 370 g/mol. The molecule has 2 unspecified atom stereocenters. The van der Waals surface area contributed by atoms with E-state index in [1.165, 1.54) is 11.1 Å². The number of rotatable bonds is 4. The number of piperidine rings is 1. The molecular weight excluding hydrogens is 344 g/mol. The number of aryl methyl sites for hydroxylation is 2. The van der Waals surface area contributed by atoms with Crippen LogP contribution in [0.3, 0.4) is 0 Å². The first kappa shape index (κ1) is 17.8. The van der Waals surface area contributed by atoms with E-state index in [1.807, 2.05) is 22.3 Å². The second-order valence-electron chi connectivity index (χ2n) is 7.96. The molecule has 1 aliphatic heterocycles. The van der Waals surface area contributed by atoms with Gasteiger partial charge in [0.1, 0.15) is 11.3 Å². The van der Waals surface area contributed by atoms with Gasteiger partial charge >= 0.3 is 0 Å². The summed E-state index contributed by atoms with van der Waals surface area (Å²) in [6, 6.07) is 3.59. The minimum atomic E-state index is -0.153. The third-order valence-corrected chi connectivity index (χ3v) is 5.45. The fourth-order valence-electron chi connectivity index (χ4n) is 4.38. The summed E-state index contributed by atoms with van der Waals surface area (Å²) in [5, 5.41) is 4.44. The van der Waals surface area contributed by atoms with E-state index in [0.717, 1.165) is 24.4 Å². The van der Waals surface area contributed by atoms with E-state index in [2.05, 4.69) is 18.9 Å². The molecule has 3 aromatic rings. The molecule has 0 aromatic carbocycles. The van der Waals surface area contributed by atoms with E-state index in [1.54, 1.807) is 12.3 Å². The van der Waals surface area contributed by atoms with Gasteiger partial charge in [-0.3, -0.25) is 14.0 Å². The molecule has 27 heavy (non-hydrogen) atoms. The number of likely N-dealkylation sites (tertiary alicyclic amines) is 1. The highest BCUT2D eigenvalue weighted by Gasteiger charge is 2.25. The molecule has 1 fully saturated rings. The van der Waals surface area contributed by atoms with E-state index in [-0.39, 0.29) is 11.5 Å². The zero-order valence-electron chi connectivity index (χ0n) is 16.1. The predicted octanol–water partition coefficient (Wildman–Crippen LogP) is 2.84. The van der Waals surface area contributed by atoms with Gasteiger partial charge in [-0.15, -0.1) is 0 Å². The molecule has 1 amide bonds. The van der Waals surface area contributed by atoms with Gasteiger partial charge in [-0.2, -0.15) is 5.10 Å². The molecule has 0 spiro atoms. The monoisotopic (exact) mass is 370 g/mol. The van der Waals surface area contributed by atoms with Crippen LogP contribution in [-0.2, 0) is 11.3 Å². The maximum absolute atomic E-state index is 12.8. The number of carbonyl (C=O) groups is 1. The van der Waals surface area contributed by atoms with E-state index in [9.17, 15) is 9.59 Å². The number of nitrogens with zero attached hydrogens (tertiary/aromatic N) is 4. The van der Waals surface area contributed by atoms with Crippen LogP contribution in [0.15, 0.2) is 27.6 Å². The van der Waals surface area contributed by atoms with Crippen LogP contribution < -0.4 is 5.56 Å². The Balaban J connectivity index is 1.47. The third kappa shape index (κ3) is 3.26. The number of furan rings is 1. The predicted molar refractivity (Wildman–Crippen MR) is 103 cm³/mol. The zero-order chi connectivity index (χ0) is 19.1. The Morgan fingerprint density at radius 2 is 2.00 bits per heavy atom. The molecule has 1 aliphatic rings. The van der Waals surface area contributed by atoms with Crippen LogP contribution in [0.2, 0.25) is 0 Å². The normalized spacial score (nSPS) is 20.6. The second-order valence-corrected chi connectivity index (χ2v) is 7.96. The molecule has 0 bridgehead atoms. The average Bonchev–Trinajstić information content (AvgIpc) is 3.19. The molecule has 3 aromatic heterocycles. The highest BCUT2D eigenvalue weighted by Crippen LogP contribution is 2.22. The summed E-state index contributed by atoms with van der Waals surface area (Å²) >= 11 is 0. The number of fused-ring (bicyclic) bond motifs is 3. The topological polar surface area (TPSA) is 72.8 Å². The molecule has 0 N–H and O–H groups in total. The number of aromatic nitrogens is 3. The Hall–Kier alpha value is -2.57. The first-order chi connectivity index (χ1) is 12.9. The summed E-state index contributed by atoms with van der Waals surface area (Å²) < 4.78 is 8.69. The van der Waals surface area contributed by atoms with Crippen molar-refractivity contribution >= 4 is 22.5 Å². The van der Waals surface area contributed by atoms with Gasteiger partial charge < -0.3 is 9.32 Å². The fraction of sp³-hybridized carbons (Fsp3) is 0.550. The smallest absolute Gasteiger partial charge is 0.291 e. The van der Waals surface area contributed by atoms with Crippen molar-refractivity contribution in [1.82, 2.24) is 19.1 Å². The minimum absolute atomic E-state index is 0.153. The van der Waals surface area contributed by atoms with Crippen LogP contribution in [-0.4, -0.2) is 38.1 Å². The molecule has 1 saturated heterocycles. The first-order valence-corrected chi connectivity index (χ1v) is 9.68. The highest BCUT2D eigenvalue weighted by molar-refractivity contribution is 5.82. The van der Waals surface area contributed by atoms with Gasteiger partial charge in [0.15, 0.2) is 5.58 Å². The standard InChI is InChI=1S/C20H26N4O3/c1-13-9-14(2)12-22(11-13)19(25)5-4-7-23-20(26)17-10-18-16(6-8-27-18)24(17)15(3)21-23/h6,8,10,13-14H,4-5,7,9,11-12H2,1-3H3. The van der Waals surface area contributed by atoms with Crippen LogP contribution in [0.25, 0.3) is 16.6 Å². The SMILES string of the molecule is Cc1nn(CCCC(=O)N2CC(C)CC(C)C2)c(=O)c2cc3occc3n12. The summed E-state index contributed by atoms with van der Waals surface area (Å²) in [6.45, 7) is 8.40. The zero-order valence-corrected chi connectivity index (χ0v) is 16.1. The lowest BCUT2D eigenvalue weighted by molar-refractivity contribution is -0.134. The number of hydrogen-bond donors (Lipinski definition) is 0. The Bertz CT molecular complexity index is 1030. The summed E-state index contributed by atoms with van der Waals surface area (Å²) in [7, 11) is 0. The summed E-state index contributed by atoms with van der Waals surface area (Å²) in [5.41, 5.74) is 1.93. The van der Waals surface area contributed by atoms with Gasteiger partial charge in [-0.25, -0.2) is 4.68 Å². The van der Waals surface area contributed by atoms with E-state index in [0.29, 0.717) is 42.3 Å². The van der Waals surface area contributed by atoms with Crippen LogP contribution in [0.4, 0.5) is 0 Å². The van der Waals surface area contributed by atoms with Crippen molar-refractivity contribution in [2.45, 2.75) is 46.6 Å². The Morgan fingerprint density at radius 3 is 2.74 bits per heavy atom. The molecular formula is C20H26N4O3. The van der Waals surface area contributed by atoms with Crippen molar-refractivity contribution in [2.24, 2.45) is 11.8 Å². The number of hydrogen-bond acceptors (Lipinski definition) is 4. The quantitative estimate of drug-likeness (QED) is 0.708. The van der Waals surface area contributed by atoms with Gasteiger partial charge in [-0.1, -0.05) is 13.8 Å². The molecule has 144 valence electrons. The second kappa shape index (κ2) is 6.87. The van der Waals surface area contributed by atoms with Gasteiger partial charge in [0, 0.05) is 38.2 Å². The Morgan fingerprint density at radius 1 is 1.26 bits per heavy atom. The first-order valence-electron chi connectivity index (χ1n) is 9.68. The van der Waals surface area contributed by atoms with Crippen molar-refractivity contribution in [3.05, 3.63) is 34.6 Å². The lowest BCUT2D eigenvalue weighted by Gasteiger charge is -2.35. The molecule has 4 heterocycles. The molecule has 0 aliphatic carbocycles. The van der Waals surface area contributed by atoms with Crippen LogP contribution in [0.5, 0.6) is 0 Å². The van der Waals surface area contributed by atoms with Gasteiger partial charge in [0.2, 0.25) is 5.91 Å². The molecule has 0 saturated carbocycles. The Kier molecular flexibility index (Phi) is 4.53. The largest absolute Gasteiger partial charge is 0.463 e. The lowest BCUT2D eigenvalue weighted by Crippen LogP contribution is -2.42. The van der Waals surface area contributed by atoms with Crippen molar-refractivity contribution in [2.75, 3.05) is 13.1 Å². The third-order valence-electron chi connectivity index (χ3n) is 5.45. The van der Waals surface area contributed by atoms with E-state index >= 15 is 0 Å². The molecule has 2 atom stereocenters. The summed E-state index contributed by atoms with van der Waals surface area (Å²) in [5.74, 6) is 2.02. The number of amides is 1. The van der Waals surface area contributed by atoms with Crippen molar-refractivity contribution < 1.29 is 9.21 Å². The highest BCUT2D eigenvalue weighted by atomic mass is 16.3.